The fourth-order valence-electron chi connectivity index (χ4n) is 4.57. The van der Waals surface area contributed by atoms with Gasteiger partial charge >= 0.3 is 6.18 Å². The van der Waals surface area contributed by atoms with Gasteiger partial charge in [0.15, 0.2) is 5.65 Å². The lowest BCUT2D eigenvalue weighted by atomic mass is 9.96. The van der Waals surface area contributed by atoms with E-state index in [0.29, 0.717) is 38.8 Å². The molecular weight excluding hydrogens is 530 g/mol. The van der Waals surface area contributed by atoms with Crippen LogP contribution in [0.25, 0.3) is 27.9 Å². The minimum absolute atomic E-state index is 0.0686. The van der Waals surface area contributed by atoms with Crippen molar-refractivity contribution in [2.24, 2.45) is 0 Å². The van der Waals surface area contributed by atoms with Crippen LogP contribution in [0.5, 0.6) is 0 Å². The number of benzene rings is 2. The lowest BCUT2D eigenvalue weighted by Gasteiger charge is -2.27. The van der Waals surface area contributed by atoms with E-state index >= 15 is 0 Å². The standard InChI is InChI=1S/C25H20Cl2F3N5O2/c26-17-8-4-15(5-9-17)20-21(16-6-10-18(27)11-7-16)23(37)34(14-19(36)33-12-2-1-3-13-33)35-22(20)31-32-24(35)25(28,29)30/h4-11H,1-3,12-14H2. The number of halogens is 5. The number of likely N-dealkylation sites (tertiary alicyclic amines) is 1. The number of rotatable bonds is 4. The van der Waals surface area contributed by atoms with E-state index in [1.165, 1.54) is 0 Å². The van der Waals surface area contributed by atoms with Crippen LogP contribution >= 0.6 is 23.2 Å². The highest BCUT2D eigenvalue weighted by Crippen LogP contribution is 2.36. The average molecular weight is 550 g/mol. The normalized spacial score (nSPS) is 14.4. The maximum Gasteiger partial charge on any atom is 0.453 e. The molecule has 1 amide bonds. The van der Waals surface area contributed by atoms with Crippen molar-refractivity contribution in [1.29, 1.82) is 0 Å². The maximum atomic E-state index is 14.0. The number of hydrogen-bond acceptors (Lipinski definition) is 4. The Labute approximate surface area is 219 Å². The molecule has 12 heteroatoms. The van der Waals surface area contributed by atoms with Crippen LogP contribution < -0.4 is 5.56 Å². The summed E-state index contributed by atoms with van der Waals surface area (Å²) in [5.41, 5.74) is -0.00143. The van der Waals surface area contributed by atoms with Gasteiger partial charge in [0, 0.05) is 28.7 Å². The highest BCUT2D eigenvalue weighted by Gasteiger charge is 2.40. The molecule has 37 heavy (non-hydrogen) atoms. The Hall–Kier alpha value is -3.37. The molecule has 0 aliphatic carbocycles. The van der Waals surface area contributed by atoms with Crippen LogP contribution in [0.1, 0.15) is 25.1 Å². The van der Waals surface area contributed by atoms with Gasteiger partial charge in [-0.05, 0) is 54.7 Å². The summed E-state index contributed by atoms with van der Waals surface area (Å²) in [5.74, 6) is -1.85. The number of amides is 1. The molecule has 0 bridgehead atoms. The molecule has 1 saturated heterocycles. The van der Waals surface area contributed by atoms with Crippen molar-refractivity contribution >= 4 is 34.8 Å². The summed E-state index contributed by atoms with van der Waals surface area (Å²) >= 11 is 12.1. The molecule has 0 saturated carbocycles. The van der Waals surface area contributed by atoms with Crippen molar-refractivity contribution < 1.29 is 18.0 Å². The third kappa shape index (κ3) is 4.83. The van der Waals surface area contributed by atoms with Crippen LogP contribution in [-0.4, -0.2) is 43.3 Å². The largest absolute Gasteiger partial charge is 0.453 e. The van der Waals surface area contributed by atoms with Gasteiger partial charge in [-0.2, -0.15) is 13.2 Å². The van der Waals surface area contributed by atoms with Crippen LogP contribution in [-0.2, 0) is 17.5 Å². The highest BCUT2D eigenvalue weighted by molar-refractivity contribution is 6.31. The maximum absolute atomic E-state index is 14.0. The summed E-state index contributed by atoms with van der Waals surface area (Å²) in [4.78, 5) is 28.7. The van der Waals surface area contributed by atoms with Crippen LogP contribution in [0.15, 0.2) is 53.3 Å². The second-order valence-electron chi connectivity index (χ2n) is 8.72. The molecule has 0 unspecified atom stereocenters. The van der Waals surface area contributed by atoms with E-state index in [9.17, 15) is 22.8 Å². The Bertz CT molecular complexity index is 1520. The van der Waals surface area contributed by atoms with Crippen molar-refractivity contribution in [1.82, 2.24) is 24.3 Å². The second kappa shape index (κ2) is 9.83. The van der Waals surface area contributed by atoms with Gasteiger partial charge in [0.2, 0.25) is 5.91 Å². The summed E-state index contributed by atoms with van der Waals surface area (Å²) in [6.07, 6.45) is -2.38. The molecule has 3 heterocycles. The van der Waals surface area contributed by atoms with Crippen LogP contribution in [0.4, 0.5) is 13.2 Å². The molecule has 1 aliphatic heterocycles. The number of hydrogen-bond donors (Lipinski definition) is 0. The molecule has 7 nitrogen and oxygen atoms in total. The fraction of sp³-hybridized carbons (Fsp3) is 0.280. The second-order valence-corrected chi connectivity index (χ2v) is 9.60. The first-order chi connectivity index (χ1) is 17.6. The highest BCUT2D eigenvalue weighted by atomic mass is 35.5. The zero-order valence-electron chi connectivity index (χ0n) is 19.3. The smallest absolute Gasteiger partial charge is 0.341 e. The topological polar surface area (TPSA) is 72.5 Å². The van der Waals surface area contributed by atoms with Gasteiger partial charge in [-0.15, -0.1) is 10.2 Å². The van der Waals surface area contributed by atoms with Crippen molar-refractivity contribution in [3.8, 4) is 22.3 Å². The quantitative estimate of drug-likeness (QED) is 0.334. The first-order valence-corrected chi connectivity index (χ1v) is 12.3. The van der Waals surface area contributed by atoms with E-state index in [0.717, 1.165) is 23.9 Å². The summed E-state index contributed by atoms with van der Waals surface area (Å²) in [5, 5.41) is 8.08. The molecule has 0 N–H and O–H groups in total. The van der Waals surface area contributed by atoms with Gasteiger partial charge in [-0.1, -0.05) is 47.5 Å². The molecule has 0 spiro atoms. The number of fused-ring (bicyclic) bond motifs is 1. The van der Waals surface area contributed by atoms with Crippen molar-refractivity contribution in [3.63, 3.8) is 0 Å². The Balaban J connectivity index is 1.84. The monoisotopic (exact) mass is 549 g/mol. The first kappa shape index (κ1) is 25.3. The lowest BCUT2D eigenvalue weighted by molar-refractivity contribution is -0.147. The van der Waals surface area contributed by atoms with Crippen LogP contribution in [0.2, 0.25) is 10.0 Å². The molecule has 192 valence electrons. The number of carbonyl (C=O) groups excluding carboxylic acids is 1. The SMILES string of the molecule is O=C(Cn1c(=O)c(-c2ccc(Cl)cc2)c(-c2ccc(Cl)cc2)c2nnc(C(F)(F)F)n21)N1CCCCC1. The van der Waals surface area contributed by atoms with E-state index in [2.05, 4.69) is 10.2 Å². The van der Waals surface area contributed by atoms with E-state index < -0.39 is 30.0 Å². The molecule has 2 aromatic heterocycles. The molecule has 0 atom stereocenters. The number of alkyl halides is 3. The average Bonchev–Trinajstić information content (AvgIpc) is 3.33. The minimum atomic E-state index is -4.93. The number of piperidine rings is 1. The molecule has 5 rings (SSSR count). The van der Waals surface area contributed by atoms with E-state index in [-0.39, 0.29) is 16.8 Å². The molecular formula is C25H20Cl2F3N5O2. The summed E-state index contributed by atoms with van der Waals surface area (Å²) in [7, 11) is 0. The molecule has 1 aliphatic rings. The third-order valence-electron chi connectivity index (χ3n) is 6.32. The van der Waals surface area contributed by atoms with E-state index in [4.69, 9.17) is 23.2 Å². The van der Waals surface area contributed by atoms with Gasteiger partial charge in [-0.3, -0.25) is 9.59 Å². The molecule has 2 aromatic carbocycles. The summed E-state index contributed by atoms with van der Waals surface area (Å²) in [6, 6.07) is 12.6. The molecule has 4 aromatic rings. The minimum Gasteiger partial charge on any atom is -0.341 e. The van der Waals surface area contributed by atoms with Crippen LogP contribution in [0, 0.1) is 0 Å². The Morgan fingerprint density at radius 3 is 1.92 bits per heavy atom. The van der Waals surface area contributed by atoms with E-state index in [1.54, 1.807) is 53.4 Å². The Morgan fingerprint density at radius 1 is 0.838 bits per heavy atom. The van der Waals surface area contributed by atoms with Gasteiger partial charge in [0.1, 0.15) is 6.54 Å². The predicted molar refractivity (Wildman–Crippen MR) is 134 cm³/mol. The van der Waals surface area contributed by atoms with Gasteiger partial charge < -0.3 is 4.90 Å². The Kier molecular flexibility index (Phi) is 6.72. The number of aromatic nitrogens is 4. The van der Waals surface area contributed by atoms with Gasteiger partial charge in [0.05, 0.1) is 5.56 Å². The number of nitrogens with zero attached hydrogens (tertiary/aromatic N) is 5. The van der Waals surface area contributed by atoms with Gasteiger partial charge in [-0.25, -0.2) is 9.20 Å². The van der Waals surface area contributed by atoms with Crippen molar-refractivity contribution in [2.45, 2.75) is 32.0 Å². The van der Waals surface area contributed by atoms with Crippen molar-refractivity contribution in [2.75, 3.05) is 13.1 Å². The fourth-order valence-corrected chi connectivity index (χ4v) is 4.82. The van der Waals surface area contributed by atoms with E-state index in [1.807, 2.05) is 0 Å². The Morgan fingerprint density at radius 2 is 1.38 bits per heavy atom. The summed E-state index contributed by atoms with van der Waals surface area (Å²) in [6.45, 7) is 0.369. The van der Waals surface area contributed by atoms with Crippen LogP contribution in [0.3, 0.4) is 0 Å². The summed E-state index contributed by atoms with van der Waals surface area (Å²) < 4.78 is 43.5. The zero-order chi connectivity index (χ0) is 26.3. The van der Waals surface area contributed by atoms with Crippen molar-refractivity contribution in [3.05, 3.63) is 74.8 Å². The first-order valence-electron chi connectivity index (χ1n) is 11.5. The lowest BCUT2D eigenvalue weighted by Crippen LogP contribution is -2.42. The zero-order valence-corrected chi connectivity index (χ0v) is 20.8. The molecule has 0 radical (unpaired) electrons. The predicted octanol–water partition coefficient (Wildman–Crippen LogP) is 5.56. The molecule has 1 fully saturated rings. The third-order valence-corrected chi connectivity index (χ3v) is 6.82. The number of carbonyl (C=O) groups is 1. The van der Waals surface area contributed by atoms with Gasteiger partial charge in [0.25, 0.3) is 11.4 Å².